The van der Waals surface area contributed by atoms with E-state index in [2.05, 4.69) is 364 Å². The number of hydrogen-bond donors (Lipinski definition) is 0. The van der Waals surface area contributed by atoms with Crippen LogP contribution in [0.25, 0.3) is 157 Å². The van der Waals surface area contributed by atoms with E-state index in [-0.39, 0.29) is 0 Å². The highest BCUT2D eigenvalue weighted by atomic mass is 15.0. The molecule has 97 heavy (non-hydrogen) atoms. The highest BCUT2D eigenvalue weighted by molar-refractivity contribution is 5.86. The van der Waals surface area contributed by atoms with Crippen molar-refractivity contribution in [3.8, 4) is 157 Å². The Morgan fingerprint density at radius 2 is 0.278 bits per heavy atom. The zero-order valence-electron chi connectivity index (χ0n) is 53.0. The molecule has 2 heterocycles. The fourth-order valence-electron chi connectivity index (χ4n) is 12.8. The molecule has 0 atom stereocenters. The molecule has 0 N–H and O–H groups in total. The molecular weight excluding hydrogens is 1180 g/mol. The molecule has 16 aromatic rings. The average molecular weight is 1240 g/mol. The lowest BCUT2D eigenvalue weighted by Gasteiger charge is -2.14. The molecule has 0 bridgehead atoms. The summed E-state index contributed by atoms with van der Waals surface area (Å²) < 4.78 is 0. The molecular formula is C91H62N6. The summed E-state index contributed by atoms with van der Waals surface area (Å²) in [4.78, 5) is 32.7. The van der Waals surface area contributed by atoms with E-state index in [9.17, 15) is 0 Å². The van der Waals surface area contributed by atoms with Crippen LogP contribution in [-0.2, 0) is 6.42 Å². The van der Waals surface area contributed by atoms with E-state index in [1.807, 2.05) is 0 Å². The third-order valence-corrected chi connectivity index (χ3v) is 17.7. The second kappa shape index (κ2) is 27.0. The van der Waals surface area contributed by atoms with E-state index in [1.165, 1.54) is 0 Å². The molecule has 0 amide bonds. The molecule has 0 aliphatic rings. The first-order valence-electron chi connectivity index (χ1n) is 32.7. The van der Waals surface area contributed by atoms with E-state index < -0.39 is 0 Å². The van der Waals surface area contributed by atoms with Crippen molar-refractivity contribution in [1.82, 2.24) is 29.9 Å². The summed E-state index contributed by atoms with van der Waals surface area (Å²) in [6.07, 6.45) is 0.607. The first kappa shape index (κ1) is 59.1. The van der Waals surface area contributed by atoms with Crippen molar-refractivity contribution in [2.75, 3.05) is 0 Å². The number of hydrogen-bond acceptors (Lipinski definition) is 6. The van der Waals surface area contributed by atoms with Crippen molar-refractivity contribution in [3.05, 3.63) is 375 Å². The van der Waals surface area contributed by atoms with Gasteiger partial charge >= 0.3 is 0 Å². The minimum Gasteiger partial charge on any atom is -0.208 e. The minimum absolute atomic E-state index is 0.567. The molecule has 0 saturated heterocycles. The lowest BCUT2D eigenvalue weighted by Crippen LogP contribution is -2.02. The lowest BCUT2D eigenvalue weighted by atomic mass is 9.95. The van der Waals surface area contributed by atoms with Crippen LogP contribution in [0, 0.1) is 0 Å². The average Bonchev–Trinajstić information content (AvgIpc) is 0.837. The highest BCUT2D eigenvalue weighted by Gasteiger charge is 2.21. The van der Waals surface area contributed by atoms with Crippen molar-refractivity contribution >= 4 is 0 Å². The summed E-state index contributed by atoms with van der Waals surface area (Å²) in [6, 6.07) is 128. The molecule has 0 aliphatic heterocycles. The summed E-state index contributed by atoms with van der Waals surface area (Å²) in [5.41, 5.74) is 24.8. The molecule has 0 unspecified atom stereocenters. The van der Waals surface area contributed by atoms with Gasteiger partial charge in [0.15, 0.2) is 34.9 Å². The Morgan fingerprint density at radius 3 is 0.464 bits per heavy atom. The van der Waals surface area contributed by atoms with Crippen LogP contribution in [0.1, 0.15) is 11.1 Å². The standard InChI is InChI=1S/C91H62N6/c1-9-29-64(30-10-1)74-50-75(65-31-11-2-12-32-65)55-82(54-74)88-92-86(93-89(96-88)83-56-76(66-33-13-3-14-34-66)51-77(57-83)67-35-15-4-16-36-67)72-45-25-27-62(48-72)47-63-28-26-46-73(49-63)87-94-90(84-58-78(68-37-17-5-18-38-68)52-79(59-84)69-39-19-6-20-40-69)97-91(95-87)85-60-80(70-41-21-7-22-42-70)53-81(61-85)71-43-23-8-24-44-71/h1-46,48-61H,47H2. The van der Waals surface area contributed by atoms with Gasteiger partial charge in [-0.2, -0.15) is 0 Å². The third-order valence-electron chi connectivity index (χ3n) is 17.7. The van der Waals surface area contributed by atoms with Crippen LogP contribution < -0.4 is 0 Å². The first-order valence-corrected chi connectivity index (χ1v) is 32.7. The third kappa shape index (κ3) is 13.3. The van der Waals surface area contributed by atoms with Crippen LogP contribution in [0.3, 0.4) is 0 Å². The van der Waals surface area contributed by atoms with Crippen molar-refractivity contribution in [1.29, 1.82) is 0 Å². The summed E-state index contributed by atoms with van der Waals surface area (Å²) in [5, 5.41) is 0. The SMILES string of the molecule is c1ccc(-c2cc(-c3ccccc3)cc(-c3nc(-c4cccc(Cc5cccc(-c6nc(-c7cc(-c8ccccc8)cc(-c8ccccc8)c7)nc(-c7cc(-c8ccccc8)cc(-c8ccccc8)c7)n6)c5)c4)nc(-c4cc(-c5ccccc5)cc(-c5ccccc5)c4)n3)c2)cc1. The molecule has 0 fully saturated rings. The Bertz CT molecular complexity index is 4580. The monoisotopic (exact) mass is 1240 g/mol. The van der Waals surface area contributed by atoms with Gasteiger partial charge in [-0.15, -0.1) is 0 Å². The molecule has 0 aliphatic carbocycles. The van der Waals surface area contributed by atoms with E-state index in [0.717, 1.165) is 134 Å². The van der Waals surface area contributed by atoms with Crippen LogP contribution >= 0.6 is 0 Å². The van der Waals surface area contributed by atoms with Gasteiger partial charge in [-0.25, -0.2) is 29.9 Å². The minimum atomic E-state index is 0.567. The largest absolute Gasteiger partial charge is 0.208 e. The van der Waals surface area contributed by atoms with Crippen molar-refractivity contribution < 1.29 is 0 Å². The zero-order valence-corrected chi connectivity index (χ0v) is 53.0. The van der Waals surface area contributed by atoms with E-state index in [1.54, 1.807) is 0 Å². The fraction of sp³-hybridized carbons (Fsp3) is 0.0110. The molecule has 456 valence electrons. The molecule has 0 spiro atoms. The van der Waals surface area contributed by atoms with Gasteiger partial charge in [-0.05, 0) is 191 Å². The van der Waals surface area contributed by atoms with E-state index in [4.69, 9.17) is 29.9 Å². The molecule has 2 aromatic heterocycles. The Hall–Kier alpha value is -12.9. The predicted octanol–water partition coefficient (Wildman–Crippen LogP) is 23.0. The van der Waals surface area contributed by atoms with E-state index >= 15 is 0 Å². The maximum Gasteiger partial charge on any atom is 0.164 e. The van der Waals surface area contributed by atoms with Crippen molar-refractivity contribution in [2.24, 2.45) is 0 Å². The zero-order chi connectivity index (χ0) is 64.7. The lowest BCUT2D eigenvalue weighted by molar-refractivity contribution is 1.07. The van der Waals surface area contributed by atoms with Gasteiger partial charge in [0, 0.05) is 33.4 Å². The van der Waals surface area contributed by atoms with Gasteiger partial charge in [0.05, 0.1) is 0 Å². The van der Waals surface area contributed by atoms with Gasteiger partial charge in [-0.1, -0.05) is 279 Å². The second-order valence-corrected chi connectivity index (χ2v) is 24.3. The topological polar surface area (TPSA) is 77.3 Å². The van der Waals surface area contributed by atoms with Gasteiger partial charge < -0.3 is 0 Å². The molecule has 6 nitrogen and oxygen atoms in total. The first-order chi connectivity index (χ1) is 48.0. The van der Waals surface area contributed by atoms with Crippen LogP contribution in [0.4, 0.5) is 0 Å². The van der Waals surface area contributed by atoms with Crippen LogP contribution in [0.15, 0.2) is 364 Å². The Labute approximate surface area is 565 Å². The Morgan fingerprint density at radius 1 is 0.124 bits per heavy atom. The molecule has 16 rings (SSSR count). The van der Waals surface area contributed by atoms with Gasteiger partial charge in [-0.3, -0.25) is 0 Å². The summed E-state index contributed by atoms with van der Waals surface area (Å²) in [7, 11) is 0. The predicted molar refractivity (Wildman–Crippen MR) is 399 cm³/mol. The molecule has 14 aromatic carbocycles. The van der Waals surface area contributed by atoms with Crippen molar-refractivity contribution in [3.63, 3.8) is 0 Å². The molecule has 0 saturated carbocycles. The quantitative estimate of drug-likeness (QED) is 0.0959. The van der Waals surface area contributed by atoms with Crippen LogP contribution in [0.5, 0.6) is 0 Å². The van der Waals surface area contributed by atoms with E-state index in [0.29, 0.717) is 41.4 Å². The van der Waals surface area contributed by atoms with Crippen LogP contribution in [0.2, 0.25) is 0 Å². The number of rotatable bonds is 16. The number of aromatic nitrogens is 6. The highest BCUT2D eigenvalue weighted by Crippen LogP contribution is 2.40. The van der Waals surface area contributed by atoms with Crippen LogP contribution in [-0.4, -0.2) is 29.9 Å². The Kier molecular flexibility index (Phi) is 16.4. The summed E-state index contributed by atoms with van der Waals surface area (Å²) in [5.74, 6) is 3.42. The number of nitrogens with zero attached hydrogens (tertiary/aromatic N) is 6. The van der Waals surface area contributed by atoms with Gasteiger partial charge in [0.25, 0.3) is 0 Å². The maximum absolute atomic E-state index is 5.45. The smallest absolute Gasteiger partial charge is 0.164 e. The van der Waals surface area contributed by atoms with Gasteiger partial charge in [0.2, 0.25) is 0 Å². The normalized spacial score (nSPS) is 11.1. The van der Waals surface area contributed by atoms with Gasteiger partial charge in [0.1, 0.15) is 0 Å². The Balaban J connectivity index is 0.825. The fourth-order valence-corrected chi connectivity index (χ4v) is 12.8. The molecule has 6 heteroatoms. The summed E-state index contributed by atoms with van der Waals surface area (Å²) in [6.45, 7) is 0. The van der Waals surface area contributed by atoms with Crippen molar-refractivity contribution in [2.45, 2.75) is 6.42 Å². The molecule has 0 radical (unpaired) electrons. The number of benzene rings is 14. The second-order valence-electron chi connectivity index (χ2n) is 24.3. The summed E-state index contributed by atoms with van der Waals surface area (Å²) >= 11 is 0. The maximum atomic E-state index is 5.45.